The van der Waals surface area contributed by atoms with Crippen LogP contribution in [0.25, 0.3) is 74.7 Å². The third kappa shape index (κ3) is 4.18. The summed E-state index contributed by atoms with van der Waals surface area (Å²) in [4.78, 5) is 0. The summed E-state index contributed by atoms with van der Waals surface area (Å²) in [5.41, 5.74) is 6.69. The molecule has 1 saturated carbocycles. The first-order valence-electron chi connectivity index (χ1n) is 15.7. The lowest BCUT2D eigenvalue weighted by molar-refractivity contribution is 0.443. The van der Waals surface area contributed by atoms with Crippen molar-refractivity contribution in [1.82, 2.24) is 0 Å². The van der Waals surface area contributed by atoms with Crippen molar-refractivity contribution in [2.45, 2.75) is 38.0 Å². The maximum Gasteiger partial charge on any atom is 0.0361 e. The molecule has 8 aromatic rings. The van der Waals surface area contributed by atoms with Crippen LogP contribution in [0.2, 0.25) is 0 Å². The molecular formula is C42H32S. The second kappa shape index (κ2) is 10.1. The van der Waals surface area contributed by atoms with Crippen LogP contribution in [0.1, 0.15) is 43.6 Å². The van der Waals surface area contributed by atoms with Crippen LogP contribution in [-0.4, -0.2) is 0 Å². The van der Waals surface area contributed by atoms with Crippen LogP contribution in [0, 0.1) is 0 Å². The average Bonchev–Trinajstić information content (AvgIpc) is 3.46. The van der Waals surface area contributed by atoms with Crippen molar-refractivity contribution in [2.24, 2.45) is 0 Å². The molecule has 0 spiro atoms. The number of benzene rings is 7. The quantitative estimate of drug-likeness (QED) is 0.186. The molecule has 0 N–H and O–H groups in total. The second-order valence-corrected chi connectivity index (χ2v) is 13.4. The van der Waals surface area contributed by atoms with Gasteiger partial charge in [0.25, 0.3) is 0 Å². The fourth-order valence-electron chi connectivity index (χ4n) is 7.61. The van der Waals surface area contributed by atoms with E-state index < -0.39 is 0 Å². The van der Waals surface area contributed by atoms with E-state index in [1.54, 1.807) is 0 Å². The smallest absolute Gasteiger partial charge is 0.0361 e. The zero-order valence-corrected chi connectivity index (χ0v) is 25.0. The van der Waals surface area contributed by atoms with E-state index in [1.165, 1.54) is 112 Å². The first-order valence-corrected chi connectivity index (χ1v) is 16.5. The van der Waals surface area contributed by atoms with E-state index in [0.717, 1.165) is 5.92 Å². The monoisotopic (exact) mass is 568 g/mol. The number of thiophene rings is 1. The van der Waals surface area contributed by atoms with E-state index in [9.17, 15) is 0 Å². The molecule has 0 radical (unpaired) electrons. The zero-order chi connectivity index (χ0) is 28.3. The molecular weight excluding hydrogens is 537 g/mol. The van der Waals surface area contributed by atoms with Gasteiger partial charge in [0.1, 0.15) is 0 Å². The lowest BCUT2D eigenvalue weighted by atomic mass is 9.84. The van der Waals surface area contributed by atoms with Gasteiger partial charge in [0.15, 0.2) is 0 Å². The Morgan fingerprint density at radius 3 is 1.40 bits per heavy atom. The van der Waals surface area contributed by atoms with E-state index in [-0.39, 0.29) is 0 Å². The topological polar surface area (TPSA) is 0 Å². The highest BCUT2D eigenvalue weighted by Gasteiger charge is 2.16. The van der Waals surface area contributed by atoms with Crippen LogP contribution < -0.4 is 0 Å². The van der Waals surface area contributed by atoms with Crippen molar-refractivity contribution in [1.29, 1.82) is 0 Å². The van der Waals surface area contributed by atoms with Gasteiger partial charge in [-0.05, 0) is 97.1 Å². The molecule has 0 atom stereocenters. The molecule has 1 aromatic heterocycles. The van der Waals surface area contributed by atoms with Crippen molar-refractivity contribution in [2.75, 3.05) is 0 Å². The standard InChI is InChI=1S/C42H32S/c1-2-8-27(9-3-1)28-14-16-29(17-15-28)31-19-22-38-39-23-20-32(26-42(39)43-41(38)25-31)30-18-21-37-35-12-5-4-10-33(35)34-11-6-7-13-36(34)40(37)24-30/h4-7,10-27H,1-3,8-9H2. The molecule has 1 aliphatic carbocycles. The number of rotatable bonds is 3. The molecule has 0 saturated heterocycles. The Morgan fingerprint density at radius 1 is 0.372 bits per heavy atom. The highest BCUT2D eigenvalue weighted by atomic mass is 32.1. The number of hydrogen-bond acceptors (Lipinski definition) is 1. The largest absolute Gasteiger partial charge is 0.135 e. The maximum atomic E-state index is 2.40. The summed E-state index contributed by atoms with van der Waals surface area (Å²) < 4.78 is 2.71. The van der Waals surface area contributed by atoms with Crippen molar-refractivity contribution in [3.63, 3.8) is 0 Å². The molecule has 0 bridgehead atoms. The number of hydrogen-bond donors (Lipinski definition) is 0. The first kappa shape index (κ1) is 25.1. The van der Waals surface area contributed by atoms with Gasteiger partial charge in [-0.3, -0.25) is 0 Å². The molecule has 1 heteroatoms. The van der Waals surface area contributed by atoms with E-state index >= 15 is 0 Å². The lowest BCUT2D eigenvalue weighted by Gasteiger charge is -2.22. The predicted molar refractivity (Wildman–Crippen MR) is 189 cm³/mol. The third-order valence-corrected chi connectivity index (χ3v) is 11.0. The summed E-state index contributed by atoms with van der Waals surface area (Å²) >= 11 is 1.91. The average molecular weight is 569 g/mol. The zero-order valence-electron chi connectivity index (χ0n) is 24.1. The van der Waals surface area contributed by atoms with Gasteiger partial charge in [0.05, 0.1) is 0 Å². The highest BCUT2D eigenvalue weighted by molar-refractivity contribution is 7.25. The molecule has 206 valence electrons. The molecule has 0 unspecified atom stereocenters. The van der Waals surface area contributed by atoms with Crippen molar-refractivity contribution >= 4 is 63.8 Å². The van der Waals surface area contributed by atoms with E-state index in [0.29, 0.717) is 0 Å². The molecule has 0 nitrogen and oxygen atoms in total. The molecule has 43 heavy (non-hydrogen) atoms. The highest BCUT2D eigenvalue weighted by Crippen LogP contribution is 2.41. The van der Waals surface area contributed by atoms with Gasteiger partial charge in [-0.2, -0.15) is 0 Å². The van der Waals surface area contributed by atoms with Crippen molar-refractivity contribution < 1.29 is 0 Å². The van der Waals surface area contributed by atoms with Crippen LogP contribution in [0.4, 0.5) is 0 Å². The van der Waals surface area contributed by atoms with Gasteiger partial charge >= 0.3 is 0 Å². The van der Waals surface area contributed by atoms with E-state index in [2.05, 4.69) is 127 Å². The van der Waals surface area contributed by atoms with Gasteiger partial charge < -0.3 is 0 Å². The van der Waals surface area contributed by atoms with Crippen molar-refractivity contribution in [3.8, 4) is 22.3 Å². The predicted octanol–water partition coefficient (Wildman–Crippen LogP) is 12.9. The van der Waals surface area contributed by atoms with Crippen LogP contribution in [-0.2, 0) is 0 Å². The minimum Gasteiger partial charge on any atom is -0.135 e. The lowest BCUT2D eigenvalue weighted by Crippen LogP contribution is -2.04. The molecule has 1 aliphatic rings. The van der Waals surface area contributed by atoms with Gasteiger partial charge in [0.2, 0.25) is 0 Å². The van der Waals surface area contributed by atoms with Crippen LogP contribution in [0.3, 0.4) is 0 Å². The fraction of sp³-hybridized carbons (Fsp3) is 0.143. The summed E-state index contributed by atoms with van der Waals surface area (Å²) in [5, 5.41) is 10.6. The van der Waals surface area contributed by atoms with Crippen LogP contribution in [0.5, 0.6) is 0 Å². The van der Waals surface area contributed by atoms with E-state index in [4.69, 9.17) is 0 Å². The van der Waals surface area contributed by atoms with E-state index in [1.807, 2.05) is 11.3 Å². The second-order valence-electron chi connectivity index (χ2n) is 12.3. The third-order valence-electron chi connectivity index (χ3n) is 9.87. The Morgan fingerprint density at radius 2 is 0.814 bits per heavy atom. The Bertz CT molecular complexity index is 2280. The SMILES string of the molecule is c1ccc2c(c1)c1ccccc1c1cc(-c3ccc4c(c3)sc3cc(-c5ccc(C6CCCCC6)cc5)ccc34)ccc21. The Balaban J connectivity index is 1.11. The summed E-state index contributed by atoms with van der Waals surface area (Å²) in [6, 6.07) is 48.1. The minimum absolute atomic E-state index is 0.753. The van der Waals surface area contributed by atoms with Gasteiger partial charge in [-0.15, -0.1) is 11.3 Å². The van der Waals surface area contributed by atoms with Crippen molar-refractivity contribution in [3.05, 3.63) is 133 Å². The summed E-state index contributed by atoms with van der Waals surface area (Å²) in [5.74, 6) is 0.753. The van der Waals surface area contributed by atoms with Crippen LogP contribution in [0.15, 0.2) is 127 Å². The maximum absolute atomic E-state index is 2.40. The fourth-order valence-corrected chi connectivity index (χ4v) is 8.79. The molecule has 1 fully saturated rings. The normalized spacial score (nSPS) is 14.4. The minimum atomic E-state index is 0.753. The Kier molecular flexibility index (Phi) is 5.87. The number of fused-ring (bicyclic) bond motifs is 9. The molecule has 0 aliphatic heterocycles. The Labute approximate surface area is 256 Å². The van der Waals surface area contributed by atoms with Gasteiger partial charge in [-0.25, -0.2) is 0 Å². The van der Waals surface area contributed by atoms with Gasteiger partial charge in [0, 0.05) is 20.2 Å². The summed E-state index contributed by atoms with van der Waals surface area (Å²) in [6.45, 7) is 0. The molecule has 7 aromatic carbocycles. The summed E-state index contributed by atoms with van der Waals surface area (Å²) in [6.07, 6.45) is 6.86. The summed E-state index contributed by atoms with van der Waals surface area (Å²) in [7, 11) is 0. The van der Waals surface area contributed by atoms with Gasteiger partial charge in [-0.1, -0.05) is 128 Å². The first-order chi connectivity index (χ1) is 21.3. The molecule has 0 amide bonds. The molecule has 9 rings (SSSR count). The Hall–Kier alpha value is -4.46. The molecule has 1 heterocycles. The van der Waals surface area contributed by atoms with Crippen LogP contribution >= 0.6 is 11.3 Å².